The Morgan fingerprint density at radius 1 is 0.970 bits per heavy atom. The van der Waals surface area contributed by atoms with E-state index in [1.165, 1.54) is 36.3 Å². The smallest absolute Gasteiger partial charge is 0.412 e. The van der Waals surface area contributed by atoms with Gasteiger partial charge in [0.1, 0.15) is 30.0 Å². The van der Waals surface area contributed by atoms with Crippen LogP contribution in [0.25, 0.3) is 0 Å². The third-order valence-electron chi connectivity index (χ3n) is 12.7. The van der Waals surface area contributed by atoms with Gasteiger partial charge in [-0.2, -0.15) is 0 Å². The molecule has 15 nitrogen and oxygen atoms in total. The number of unbranched alkanes of at least 4 members (excludes halogenated alkanes) is 2. The first-order valence-electron chi connectivity index (χ1n) is 22.6. The highest BCUT2D eigenvalue weighted by Gasteiger charge is 2.65. The minimum Gasteiger partial charge on any atom is -0.459 e. The van der Waals surface area contributed by atoms with Gasteiger partial charge >= 0.3 is 12.2 Å². The maximum atomic E-state index is 14.3. The number of non-ortho nitro benzene ring substituents is 1. The second-order valence-corrected chi connectivity index (χ2v) is 16.9. The van der Waals surface area contributed by atoms with Crippen molar-refractivity contribution in [3.05, 3.63) is 160 Å². The van der Waals surface area contributed by atoms with Crippen molar-refractivity contribution >= 4 is 23.6 Å². The number of nitro benzene ring substituents is 1. The highest BCUT2D eigenvalue weighted by Crippen LogP contribution is 2.62. The predicted molar refractivity (Wildman–Crippen MR) is 246 cm³/mol. The van der Waals surface area contributed by atoms with Gasteiger partial charge in [0, 0.05) is 56.3 Å². The standard InChI is InChI=1S/C51H57FN4O11/c1-3-27-64-51-46(55(50(60)63-2)32-35-15-19-38(52)20-16-35)30-44(54-65-33-36-17-21-39(22-18-36)56(61)62)42-28-37(13-7-9-25-57)41(14-8-10-26-58)47(48(42)51)43-29-40(23-24-45(43)67-51)66-49(59)53-31-34-11-5-4-6-12-34/h3-6,11-12,15-24,28-29,37,41,46-48,57-58H,1,7-10,13-14,25-27,30-33H2,2H3,(H,53,59). The molecule has 1 aliphatic heterocycles. The van der Waals surface area contributed by atoms with Gasteiger partial charge in [0.15, 0.2) is 0 Å². The number of nitrogens with zero attached hydrogens (tertiary/aromatic N) is 3. The molecule has 3 N–H and O–H groups in total. The lowest BCUT2D eigenvalue weighted by atomic mass is 9.55. The maximum Gasteiger partial charge on any atom is 0.412 e. The number of halogens is 1. The zero-order chi connectivity index (χ0) is 47.3. The minimum atomic E-state index is -1.63. The Morgan fingerprint density at radius 3 is 2.37 bits per heavy atom. The molecule has 1 saturated carbocycles. The quantitative estimate of drug-likeness (QED) is 0.0313. The number of amides is 2. The molecular formula is C51H57FN4O11. The van der Waals surface area contributed by atoms with Crippen molar-refractivity contribution in [3.63, 3.8) is 0 Å². The van der Waals surface area contributed by atoms with Crippen molar-refractivity contribution in [1.29, 1.82) is 0 Å². The van der Waals surface area contributed by atoms with Gasteiger partial charge in [0.25, 0.3) is 5.69 Å². The second kappa shape index (κ2) is 22.7. The number of methoxy groups -OCH3 is 1. The van der Waals surface area contributed by atoms with Crippen molar-refractivity contribution in [1.82, 2.24) is 10.2 Å². The number of rotatable bonds is 21. The van der Waals surface area contributed by atoms with Gasteiger partial charge in [-0.05, 0) is 102 Å². The van der Waals surface area contributed by atoms with E-state index in [0.717, 1.165) is 16.7 Å². The summed E-state index contributed by atoms with van der Waals surface area (Å²) >= 11 is 0. The van der Waals surface area contributed by atoms with Crippen molar-refractivity contribution in [2.24, 2.45) is 22.9 Å². The zero-order valence-corrected chi connectivity index (χ0v) is 37.5. The molecule has 1 fully saturated rings. The summed E-state index contributed by atoms with van der Waals surface area (Å²) in [7, 11) is 1.28. The van der Waals surface area contributed by atoms with Crippen LogP contribution < -0.4 is 14.8 Å². The van der Waals surface area contributed by atoms with E-state index < -0.39 is 46.6 Å². The molecule has 2 amide bonds. The molecule has 4 aromatic carbocycles. The van der Waals surface area contributed by atoms with Crippen LogP contribution in [0.4, 0.5) is 19.7 Å². The van der Waals surface area contributed by atoms with Gasteiger partial charge in [0.2, 0.25) is 5.79 Å². The van der Waals surface area contributed by atoms with Gasteiger partial charge < -0.3 is 39.3 Å². The van der Waals surface area contributed by atoms with Crippen molar-refractivity contribution in [3.8, 4) is 11.5 Å². The van der Waals surface area contributed by atoms with Gasteiger partial charge in [-0.3, -0.25) is 15.0 Å². The van der Waals surface area contributed by atoms with Gasteiger partial charge in [-0.1, -0.05) is 72.6 Å². The Labute approximate surface area is 389 Å². The maximum absolute atomic E-state index is 14.3. The van der Waals surface area contributed by atoms with Crippen LogP contribution in [-0.4, -0.2) is 76.7 Å². The van der Waals surface area contributed by atoms with Crippen LogP contribution in [0.2, 0.25) is 0 Å². The topological polar surface area (TPSA) is 192 Å². The Morgan fingerprint density at radius 2 is 1.69 bits per heavy atom. The highest BCUT2D eigenvalue weighted by atomic mass is 19.1. The Balaban J connectivity index is 1.39. The van der Waals surface area contributed by atoms with Crippen molar-refractivity contribution in [2.45, 2.75) is 82.4 Å². The average molecular weight is 921 g/mol. The van der Waals surface area contributed by atoms with E-state index in [1.54, 1.807) is 42.5 Å². The molecule has 354 valence electrons. The average Bonchev–Trinajstić information content (AvgIpc) is 3.34. The third kappa shape index (κ3) is 11.3. The SMILES string of the molecule is C=CCOC12Oc3ccc(OC(=O)NCc4ccccc4)cc3C3C(CCCCO)C(CCCCO)C=C(C(=NOCc4ccc([N+](=O)[O-])cc4)CC1N(Cc1ccc(F)cc1)C(=O)OC)C32. The molecule has 1 heterocycles. The van der Waals surface area contributed by atoms with Crippen LogP contribution in [0.3, 0.4) is 0 Å². The number of oxime groups is 1. The fraction of sp³-hybridized carbons (Fsp3) is 0.392. The summed E-state index contributed by atoms with van der Waals surface area (Å²) in [5, 5.41) is 38.9. The van der Waals surface area contributed by atoms with Crippen LogP contribution in [-0.2, 0) is 34.0 Å². The number of hydrogen-bond donors (Lipinski definition) is 3. The Hall–Kier alpha value is -6.62. The molecule has 6 unspecified atom stereocenters. The van der Waals surface area contributed by atoms with E-state index >= 15 is 0 Å². The fourth-order valence-corrected chi connectivity index (χ4v) is 9.73. The Bertz CT molecular complexity index is 2400. The summed E-state index contributed by atoms with van der Waals surface area (Å²) < 4.78 is 39.8. The molecule has 0 radical (unpaired) electrons. The molecule has 7 rings (SSSR count). The Kier molecular flexibility index (Phi) is 16.4. The highest BCUT2D eigenvalue weighted by molar-refractivity contribution is 6.03. The molecule has 67 heavy (non-hydrogen) atoms. The number of ether oxygens (including phenoxy) is 4. The second-order valence-electron chi connectivity index (χ2n) is 16.9. The molecule has 0 aromatic heterocycles. The molecule has 0 bridgehead atoms. The number of carbonyl (C=O) groups is 2. The summed E-state index contributed by atoms with van der Waals surface area (Å²) in [5.41, 5.74) is 4.06. The normalized spacial score (nSPS) is 22.0. The van der Waals surface area contributed by atoms with Crippen LogP contribution >= 0.6 is 0 Å². The van der Waals surface area contributed by atoms with E-state index in [0.29, 0.717) is 61.1 Å². The van der Waals surface area contributed by atoms with Crippen LogP contribution in [0.1, 0.15) is 73.1 Å². The van der Waals surface area contributed by atoms with Crippen LogP contribution in [0.5, 0.6) is 11.5 Å². The summed E-state index contributed by atoms with van der Waals surface area (Å²) in [4.78, 5) is 46.0. The number of benzene rings is 4. The summed E-state index contributed by atoms with van der Waals surface area (Å²) in [6.45, 7) is 4.19. The fourth-order valence-electron chi connectivity index (χ4n) is 9.73. The number of nitro groups is 1. The number of aliphatic hydroxyl groups is 2. The molecule has 0 saturated heterocycles. The summed E-state index contributed by atoms with van der Waals surface area (Å²) in [6.07, 6.45) is 6.37. The number of carbonyl (C=O) groups excluding carboxylic acids is 2. The summed E-state index contributed by atoms with van der Waals surface area (Å²) in [6, 6.07) is 25.5. The first kappa shape index (κ1) is 48.3. The molecule has 16 heteroatoms. The minimum absolute atomic E-state index is 0.00169. The lowest BCUT2D eigenvalue weighted by Gasteiger charge is -2.59. The van der Waals surface area contributed by atoms with Gasteiger partial charge in [-0.15, -0.1) is 6.58 Å². The van der Waals surface area contributed by atoms with E-state index in [2.05, 4.69) is 18.0 Å². The molecule has 4 aromatic rings. The van der Waals surface area contributed by atoms with Gasteiger partial charge in [0.05, 0.1) is 30.3 Å². The van der Waals surface area contributed by atoms with E-state index in [9.17, 15) is 34.3 Å². The van der Waals surface area contributed by atoms with Crippen molar-refractivity contribution < 1.29 is 52.9 Å². The first-order chi connectivity index (χ1) is 32.6. The summed E-state index contributed by atoms with van der Waals surface area (Å²) in [5.74, 6) is -2.71. The molecule has 3 aliphatic rings. The van der Waals surface area contributed by atoms with E-state index in [4.69, 9.17) is 28.9 Å². The molecule has 6 atom stereocenters. The lowest BCUT2D eigenvalue weighted by molar-refractivity contribution is -0.384. The zero-order valence-electron chi connectivity index (χ0n) is 37.5. The lowest BCUT2D eigenvalue weighted by Crippen LogP contribution is -2.70. The van der Waals surface area contributed by atoms with Crippen LogP contribution in [0.15, 0.2) is 127 Å². The number of fused-ring (bicyclic) bond motifs is 2. The molecular weight excluding hydrogens is 864 g/mol. The molecule has 0 spiro atoms. The monoisotopic (exact) mass is 920 g/mol. The predicted octanol–water partition coefficient (Wildman–Crippen LogP) is 9.12. The first-order valence-corrected chi connectivity index (χ1v) is 22.6. The van der Waals surface area contributed by atoms with Gasteiger partial charge in [-0.25, -0.2) is 14.0 Å². The van der Waals surface area contributed by atoms with E-state index in [-0.39, 0.29) is 69.2 Å². The van der Waals surface area contributed by atoms with E-state index in [1.807, 2.05) is 36.4 Å². The number of hydrogen-bond acceptors (Lipinski definition) is 12. The van der Waals surface area contributed by atoms with Crippen LogP contribution in [0, 0.1) is 33.7 Å². The number of nitrogens with one attached hydrogen (secondary N) is 1. The number of aliphatic hydroxyl groups excluding tert-OH is 2. The largest absolute Gasteiger partial charge is 0.459 e. The van der Waals surface area contributed by atoms with Crippen molar-refractivity contribution in [2.75, 3.05) is 26.9 Å². The molecule has 2 aliphatic carbocycles. The number of allylic oxidation sites excluding steroid dienone is 1. The third-order valence-corrected chi connectivity index (χ3v) is 12.7.